The van der Waals surface area contributed by atoms with Crippen LogP contribution < -0.4 is 10.6 Å². The van der Waals surface area contributed by atoms with Gasteiger partial charge in [-0.2, -0.15) is 10.1 Å². The fraction of sp³-hybridized carbons (Fsp3) is 0.357. The van der Waals surface area contributed by atoms with Crippen molar-refractivity contribution in [2.45, 2.75) is 13.0 Å². The zero-order valence-corrected chi connectivity index (χ0v) is 11.7. The van der Waals surface area contributed by atoms with E-state index in [-0.39, 0.29) is 6.04 Å². The average molecular weight is 273 g/mol. The number of ether oxygens (including phenoxy) is 1. The number of methoxy groups -OCH3 is 1. The van der Waals surface area contributed by atoms with Crippen LogP contribution in [0.15, 0.2) is 36.5 Å². The van der Waals surface area contributed by atoms with E-state index in [0.29, 0.717) is 24.9 Å². The highest BCUT2D eigenvalue weighted by Crippen LogP contribution is 2.16. The highest BCUT2D eigenvalue weighted by atomic mass is 16.5. The number of rotatable bonds is 7. The molecule has 0 aliphatic carbocycles. The van der Waals surface area contributed by atoms with Gasteiger partial charge in [0, 0.05) is 13.7 Å². The summed E-state index contributed by atoms with van der Waals surface area (Å²) < 4.78 is 4.97. The van der Waals surface area contributed by atoms with Crippen LogP contribution in [0, 0.1) is 0 Å². The number of hydrogen-bond acceptors (Lipinski definition) is 6. The largest absolute Gasteiger partial charge is 0.383 e. The van der Waals surface area contributed by atoms with Gasteiger partial charge in [0.15, 0.2) is 5.82 Å². The molecule has 0 aliphatic heterocycles. The molecule has 6 nitrogen and oxygen atoms in total. The summed E-state index contributed by atoms with van der Waals surface area (Å²) in [4.78, 5) is 4.36. The van der Waals surface area contributed by atoms with E-state index in [4.69, 9.17) is 4.74 Å². The first-order valence-electron chi connectivity index (χ1n) is 6.53. The van der Waals surface area contributed by atoms with Gasteiger partial charge in [-0.05, 0) is 12.5 Å². The third-order valence-corrected chi connectivity index (χ3v) is 2.82. The minimum absolute atomic E-state index is 0.118. The maximum Gasteiger partial charge on any atom is 0.245 e. The summed E-state index contributed by atoms with van der Waals surface area (Å²) in [6.45, 7) is 3.36. The van der Waals surface area contributed by atoms with Crippen molar-refractivity contribution in [3.05, 3.63) is 42.1 Å². The molecule has 0 radical (unpaired) electrons. The van der Waals surface area contributed by atoms with Gasteiger partial charge < -0.3 is 15.4 Å². The van der Waals surface area contributed by atoms with Gasteiger partial charge in [-0.15, -0.1) is 5.10 Å². The first kappa shape index (κ1) is 14.2. The molecule has 0 spiro atoms. The molecule has 1 aromatic carbocycles. The fourth-order valence-electron chi connectivity index (χ4n) is 1.75. The van der Waals surface area contributed by atoms with E-state index >= 15 is 0 Å². The Morgan fingerprint density at radius 3 is 2.80 bits per heavy atom. The topological polar surface area (TPSA) is 72.0 Å². The Morgan fingerprint density at radius 2 is 2.05 bits per heavy atom. The summed E-state index contributed by atoms with van der Waals surface area (Å²) in [5.74, 6) is 1.18. The van der Waals surface area contributed by atoms with Gasteiger partial charge in [-0.1, -0.05) is 30.3 Å². The lowest BCUT2D eigenvalue weighted by atomic mass is 10.1. The van der Waals surface area contributed by atoms with Crippen LogP contribution in [-0.4, -0.2) is 35.4 Å². The normalized spacial score (nSPS) is 11.9. The number of nitrogens with zero attached hydrogens (tertiary/aromatic N) is 3. The molecule has 1 heterocycles. The molecule has 2 aromatic rings. The van der Waals surface area contributed by atoms with Crippen LogP contribution >= 0.6 is 0 Å². The molecule has 2 rings (SSSR count). The molecule has 0 aliphatic rings. The van der Waals surface area contributed by atoms with Crippen molar-refractivity contribution in [1.82, 2.24) is 15.2 Å². The van der Waals surface area contributed by atoms with Crippen LogP contribution in [0.4, 0.5) is 11.8 Å². The second-order valence-corrected chi connectivity index (χ2v) is 4.36. The van der Waals surface area contributed by atoms with Crippen LogP contribution in [0.1, 0.15) is 18.5 Å². The van der Waals surface area contributed by atoms with Crippen molar-refractivity contribution in [3.8, 4) is 0 Å². The van der Waals surface area contributed by atoms with Crippen molar-refractivity contribution in [2.75, 3.05) is 30.9 Å². The van der Waals surface area contributed by atoms with Gasteiger partial charge in [-0.25, -0.2) is 0 Å². The molecule has 0 amide bonds. The van der Waals surface area contributed by atoms with Gasteiger partial charge in [0.1, 0.15) is 0 Å². The zero-order valence-electron chi connectivity index (χ0n) is 11.7. The minimum atomic E-state index is 0.118. The molecule has 0 bridgehead atoms. The summed E-state index contributed by atoms with van der Waals surface area (Å²) in [7, 11) is 1.66. The van der Waals surface area contributed by atoms with Crippen LogP contribution in [0.25, 0.3) is 0 Å². The minimum Gasteiger partial charge on any atom is -0.383 e. The van der Waals surface area contributed by atoms with E-state index in [1.165, 1.54) is 5.56 Å². The summed E-state index contributed by atoms with van der Waals surface area (Å²) in [6.07, 6.45) is 1.59. The summed E-state index contributed by atoms with van der Waals surface area (Å²) in [6, 6.07) is 10.3. The number of aromatic nitrogens is 3. The van der Waals surface area contributed by atoms with Gasteiger partial charge in [0.25, 0.3) is 0 Å². The van der Waals surface area contributed by atoms with E-state index in [1.807, 2.05) is 18.2 Å². The molecular formula is C14H19N5O. The lowest BCUT2D eigenvalue weighted by Gasteiger charge is -2.14. The quantitative estimate of drug-likeness (QED) is 0.753. The van der Waals surface area contributed by atoms with Crippen molar-refractivity contribution < 1.29 is 4.74 Å². The zero-order chi connectivity index (χ0) is 14.2. The molecule has 0 saturated carbocycles. The first-order valence-corrected chi connectivity index (χ1v) is 6.53. The smallest absolute Gasteiger partial charge is 0.245 e. The van der Waals surface area contributed by atoms with E-state index in [1.54, 1.807) is 13.3 Å². The SMILES string of the molecule is COCCNc1cnnc(NC(C)c2ccccc2)n1. The molecule has 106 valence electrons. The van der Waals surface area contributed by atoms with Crippen LogP contribution in [0.2, 0.25) is 0 Å². The monoisotopic (exact) mass is 273 g/mol. The number of anilines is 2. The predicted molar refractivity (Wildman–Crippen MR) is 78.7 cm³/mol. The molecule has 0 saturated heterocycles. The first-order chi connectivity index (χ1) is 9.79. The van der Waals surface area contributed by atoms with E-state index in [9.17, 15) is 0 Å². The van der Waals surface area contributed by atoms with Crippen LogP contribution in [0.5, 0.6) is 0 Å². The maximum atomic E-state index is 4.97. The Bertz CT molecular complexity index is 520. The van der Waals surface area contributed by atoms with Crippen molar-refractivity contribution >= 4 is 11.8 Å². The summed E-state index contributed by atoms with van der Waals surface area (Å²) in [5.41, 5.74) is 1.17. The van der Waals surface area contributed by atoms with Crippen LogP contribution in [-0.2, 0) is 4.74 Å². The van der Waals surface area contributed by atoms with Crippen molar-refractivity contribution in [2.24, 2.45) is 0 Å². The summed E-state index contributed by atoms with van der Waals surface area (Å²) in [5, 5.41) is 14.3. The molecule has 6 heteroatoms. The van der Waals surface area contributed by atoms with E-state index in [2.05, 4.69) is 44.9 Å². The fourth-order valence-corrected chi connectivity index (χ4v) is 1.75. The highest BCUT2D eigenvalue weighted by Gasteiger charge is 2.07. The number of benzene rings is 1. The maximum absolute atomic E-state index is 4.97. The molecule has 2 N–H and O–H groups in total. The van der Waals surface area contributed by atoms with Gasteiger partial charge >= 0.3 is 0 Å². The van der Waals surface area contributed by atoms with Gasteiger partial charge in [-0.3, -0.25) is 0 Å². The lowest BCUT2D eigenvalue weighted by Crippen LogP contribution is -2.13. The van der Waals surface area contributed by atoms with E-state index < -0.39 is 0 Å². The molecule has 0 fully saturated rings. The second kappa shape index (κ2) is 7.40. The molecule has 1 atom stereocenters. The highest BCUT2D eigenvalue weighted by molar-refractivity contribution is 5.38. The van der Waals surface area contributed by atoms with Crippen LogP contribution in [0.3, 0.4) is 0 Å². The van der Waals surface area contributed by atoms with Crippen molar-refractivity contribution in [1.29, 1.82) is 0 Å². The molecular weight excluding hydrogens is 254 g/mol. The van der Waals surface area contributed by atoms with Crippen molar-refractivity contribution in [3.63, 3.8) is 0 Å². The molecule has 20 heavy (non-hydrogen) atoms. The molecule has 1 unspecified atom stereocenters. The average Bonchev–Trinajstić information content (AvgIpc) is 2.49. The molecule has 1 aromatic heterocycles. The Labute approximate surface area is 118 Å². The lowest BCUT2D eigenvalue weighted by molar-refractivity contribution is 0.210. The Hall–Kier alpha value is -2.21. The third-order valence-electron chi connectivity index (χ3n) is 2.82. The van der Waals surface area contributed by atoms with E-state index in [0.717, 1.165) is 0 Å². The Balaban J connectivity index is 1.97. The van der Waals surface area contributed by atoms with Gasteiger partial charge in [0.2, 0.25) is 5.95 Å². The third kappa shape index (κ3) is 4.17. The Morgan fingerprint density at radius 1 is 1.25 bits per heavy atom. The number of nitrogens with one attached hydrogen (secondary N) is 2. The second-order valence-electron chi connectivity index (χ2n) is 4.36. The number of hydrogen-bond donors (Lipinski definition) is 2. The predicted octanol–water partition coefficient (Wildman–Crippen LogP) is 2.10. The summed E-state index contributed by atoms with van der Waals surface area (Å²) >= 11 is 0. The standard InChI is InChI=1S/C14H19N5O/c1-11(12-6-4-3-5-7-12)17-14-18-13(10-16-19-14)15-8-9-20-2/h3-7,10-11H,8-9H2,1-2H3,(H2,15,17,18,19). The van der Waals surface area contributed by atoms with Gasteiger partial charge in [0.05, 0.1) is 18.8 Å². The Kier molecular flexibility index (Phi) is 5.25.